The molecule has 0 saturated carbocycles. The number of hydrogen-bond acceptors (Lipinski definition) is 4. The number of nitrogens with one attached hydrogen (secondary N) is 1. The van der Waals surface area contributed by atoms with Crippen LogP contribution in [-0.2, 0) is 16.8 Å². The maximum Gasteiger partial charge on any atom is 0.238 e. The fraction of sp³-hybridized carbons (Fsp3) is 0.400. The highest BCUT2D eigenvalue weighted by molar-refractivity contribution is 6.27. The molecule has 1 saturated heterocycles. The largest absolute Gasteiger partial charge is 0.497 e. The topological polar surface area (TPSA) is 57.8 Å². The molecule has 3 aromatic rings. The van der Waals surface area contributed by atoms with Gasteiger partial charge >= 0.3 is 0 Å². The van der Waals surface area contributed by atoms with Gasteiger partial charge in [-0.2, -0.15) is 0 Å². The first kappa shape index (κ1) is 21.2. The number of carbonyl (C=O) groups excluding carboxylic acids is 1. The lowest BCUT2D eigenvalue weighted by Crippen LogP contribution is -2.55. The number of ether oxygens (including phenoxy) is 2. The number of halogens is 1. The van der Waals surface area contributed by atoms with Crippen LogP contribution in [0.2, 0.25) is 0 Å². The molecule has 0 radical (unpaired) electrons. The number of para-hydroxylation sites is 1. The lowest BCUT2D eigenvalue weighted by atomic mass is 9.84. The van der Waals surface area contributed by atoms with Crippen LogP contribution in [-0.4, -0.2) is 66.5 Å². The van der Waals surface area contributed by atoms with Crippen LogP contribution in [0.3, 0.4) is 0 Å². The van der Waals surface area contributed by atoms with Crippen molar-refractivity contribution in [2.24, 2.45) is 0 Å². The van der Waals surface area contributed by atoms with Crippen LogP contribution in [0.15, 0.2) is 48.5 Å². The Morgan fingerprint density at radius 2 is 2.00 bits per heavy atom. The number of methoxy groups -OCH3 is 1. The van der Waals surface area contributed by atoms with E-state index in [0.29, 0.717) is 13.2 Å². The molecule has 5 rings (SSSR count). The van der Waals surface area contributed by atoms with E-state index in [4.69, 9.17) is 21.1 Å². The summed E-state index contributed by atoms with van der Waals surface area (Å²) < 4.78 is 11.4. The minimum Gasteiger partial charge on any atom is -0.497 e. The lowest BCUT2D eigenvalue weighted by molar-refractivity contribution is -0.135. The molecule has 1 unspecified atom stereocenters. The van der Waals surface area contributed by atoms with Crippen LogP contribution < -0.4 is 9.47 Å². The molecule has 2 aliphatic heterocycles. The fourth-order valence-electron chi connectivity index (χ4n) is 5.31. The van der Waals surface area contributed by atoms with Crippen molar-refractivity contribution in [3.05, 3.63) is 59.8 Å². The molecular formula is C25H28ClN3O3. The molecular weight excluding hydrogens is 426 g/mol. The van der Waals surface area contributed by atoms with Gasteiger partial charge in [-0.05, 0) is 48.7 Å². The summed E-state index contributed by atoms with van der Waals surface area (Å²) in [5.74, 6) is 1.72. The Bertz CT molecular complexity index is 1120. The molecule has 7 heteroatoms. The Labute approximate surface area is 193 Å². The first-order valence-corrected chi connectivity index (χ1v) is 11.6. The Hall–Kier alpha value is -2.70. The zero-order valence-electron chi connectivity index (χ0n) is 18.3. The Balaban J connectivity index is 1.43. The predicted molar refractivity (Wildman–Crippen MR) is 126 cm³/mol. The number of rotatable bonds is 6. The van der Waals surface area contributed by atoms with Gasteiger partial charge in [-0.3, -0.25) is 9.69 Å². The summed E-state index contributed by atoms with van der Waals surface area (Å²) in [6.07, 6.45) is 1.68. The maximum atomic E-state index is 12.9. The number of benzene rings is 2. The second-order valence-electron chi connectivity index (χ2n) is 8.54. The number of likely N-dealkylation sites (tertiary alicyclic amines) is 1. The quantitative estimate of drug-likeness (QED) is 0.577. The first-order chi connectivity index (χ1) is 15.6. The summed E-state index contributed by atoms with van der Waals surface area (Å²) in [5, 5.41) is 1.18. The van der Waals surface area contributed by atoms with Crippen molar-refractivity contribution >= 4 is 28.4 Å². The first-order valence-electron chi connectivity index (χ1n) is 11.1. The van der Waals surface area contributed by atoms with E-state index in [1.165, 1.54) is 10.9 Å². The third-order valence-corrected chi connectivity index (χ3v) is 7.07. The molecule has 1 aromatic heterocycles. The van der Waals surface area contributed by atoms with E-state index < -0.39 is 5.54 Å². The minimum absolute atomic E-state index is 0.00224. The molecule has 1 fully saturated rings. The third kappa shape index (κ3) is 3.61. The molecule has 1 spiro atoms. The zero-order valence-corrected chi connectivity index (χ0v) is 19.0. The van der Waals surface area contributed by atoms with E-state index in [0.717, 1.165) is 55.2 Å². The van der Waals surface area contributed by atoms with Crippen molar-refractivity contribution in [3.63, 3.8) is 0 Å². The summed E-state index contributed by atoms with van der Waals surface area (Å²) in [5.41, 5.74) is 3.14. The highest BCUT2D eigenvalue weighted by Gasteiger charge is 2.50. The van der Waals surface area contributed by atoms with Crippen molar-refractivity contribution in [1.29, 1.82) is 0 Å². The molecule has 6 nitrogen and oxygen atoms in total. The molecule has 32 heavy (non-hydrogen) atoms. The Kier molecular flexibility index (Phi) is 5.74. The van der Waals surface area contributed by atoms with Gasteiger partial charge in [0, 0.05) is 42.8 Å². The predicted octanol–water partition coefficient (Wildman–Crippen LogP) is 3.78. The van der Waals surface area contributed by atoms with Gasteiger partial charge in [0.2, 0.25) is 5.91 Å². The highest BCUT2D eigenvalue weighted by atomic mass is 35.5. The number of fused-ring (bicyclic) bond motifs is 4. The number of carbonyl (C=O) groups is 1. The molecule has 0 bridgehead atoms. The van der Waals surface area contributed by atoms with Crippen LogP contribution >= 0.6 is 11.6 Å². The number of aromatic amines is 1. The summed E-state index contributed by atoms with van der Waals surface area (Å²) in [6.45, 7) is 3.77. The smallest absolute Gasteiger partial charge is 0.238 e. The van der Waals surface area contributed by atoms with Gasteiger partial charge in [0.05, 0.1) is 12.6 Å². The molecule has 2 aromatic carbocycles. The average Bonchev–Trinajstić information content (AvgIpc) is 3.42. The van der Waals surface area contributed by atoms with E-state index in [1.807, 2.05) is 41.3 Å². The van der Waals surface area contributed by atoms with Crippen molar-refractivity contribution < 1.29 is 14.3 Å². The van der Waals surface area contributed by atoms with Gasteiger partial charge in [-0.1, -0.05) is 18.2 Å². The molecule has 2 aliphatic rings. The van der Waals surface area contributed by atoms with Crippen molar-refractivity contribution in [2.45, 2.75) is 18.4 Å². The number of aromatic nitrogens is 1. The van der Waals surface area contributed by atoms with Crippen LogP contribution in [0.25, 0.3) is 10.9 Å². The van der Waals surface area contributed by atoms with E-state index in [2.05, 4.69) is 22.0 Å². The molecule has 0 aliphatic carbocycles. The second kappa shape index (κ2) is 8.68. The van der Waals surface area contributed by atoms with Crippen molar-refractivity contribution in [2.75, 3.05) is 45.8 Å². The summed E-state index contributed by atoms with van der Waals surface area (Å²) in [4.78, 5) is 20.9. The maximum absolute atomic E-state index is 12.9. The normalized spacial score (nSPS) is 20.6. The fourth-order valence-corrected chi connectivity index (χ4v) is 5.46. The van der Waals surface area contributed by atoms with E-state index in [9.17, 15) is 4.79 Å². The van der Waals surface area contributed by atoms with Gasteiger partial charge in [-0.15, -0.1) is 11.6 Å². The molecule has 3 heterocycles. The molecule has 1 N–H and O–H groups in total. The second-order valence-corrected chi connectivity index (χ2v) is 8.81. The van der Waals surface area contributed by atoms with Gasteiger partial charge in [0.1, 0.15) is 24.0 Å². The van der Waals surface area contributed by atoms with E-state index in [-0.39, 0.29) is 11.8 Å². The number of hydrogen-bond donors (Lipinski definition) is 1. The highest BCUT2D eigenvalue weighted by Crippen LogP contribution is 2.45. The SMILES string of the molecule is COc1ccc2[nH]c3c(c2c1)CCN(C(=O)CCl)C31CCN(CCOc2ccccc2)C1. The van der Waals surface area contributed by atoms with Crippen LogP contribution in [0.4, 0.5) is 0 Å². The van der Waals surface area contributed by atoms with Crippen LogP contribution in [0, 0.1) is 0 Å². The molecule has 1 amide bonds. The van der Waals surface area contributed by atoms with E-state index in [1.54, 1.807) is 7.11 Å². The van der Waals surface area contributed by atoms with E-state index >= 15 is 0 Å². The standard InChI is InChI=1S/C25H28ClN3O3/c1-31-19-7-8-22-21(15-19)20-9-11-29(23(30)16-26)25(24(20)27-22)10-12-28(17-25)13-14-32-18-5-3-2-4-6-18/h2-8,15,27H,9-14,16-17H2,1H3. The molecule has 1 atom stereocenters. The monoisotopic (exact) mass is 453 g/mol. The van der Waals surface area contributed by atoms with Crippen molar-refractivity contribution in [1.82, 2.24) is 14.8 Å². The summed E-state index contributed by atoms with van der Waals surface area (Å²) in [7, 11) is 1.69. The number of H-pyrrole nitrogens is 1. The number of amides is 1. The average molecular weight is 454 g/mol. The van der Waals surface area contributed by atoms with Crippen molar-refractivity contribution in [3.8, 4) is 11.5 Å². The Morgan fingerprint density at radius 3 is 2.78 bits per heavy atom. The number of nitrogens with zero attached hydrogens (tertiary/aromatic N) is 2. The Morgan fingerprint density at radius 1 is 1.16 bits per heavy atom. The minimum atomic E-state index is -0.390. The van der Waals surface area contributed by atoms with Gasteiger partial charge in [-0.25, -0.2) is 0 Å². The van der Waals surface area contributed by atoms with Gasteiger partial charge in [0.15, 0.2) is 0 Å². The zero-order chi connectivity index (χ0) is 22.1. The van der Waals surface area contributed by atoms with Gasteiger partial charge < -0.3 is 19.4 Å². The molecule has 168 valence electrons. The number of alkyl halides is 1. The van der Waals surface area contributed by atoms with Gasteiger partial charge in [0.25, 0.3) is 0 Å². The lowest BCUT2D eigenvalue weighted by Gasteiger charge is -2.44. The summed E-state index contributed by atoms with van der Waals surface area (Å²) >= 11 is 6.03. The third-order valence-electron chi connectivity index (χ3n) is 6.84. The summed E-state index contributed by atoms with van der Waals surface area (Å²) in [6, 6.07) is 16.0. The van der Waals surface area contributed by atoms with Crippen LogP contribution in [0.5, 0.6) is 11.5 Å². The van der Waals surface area contributed by atoms with Crippen LogP contribution in [0.1, 0.15) is 17.7 Å².